The Morgan fingerprint density at radius 3 is 2.54 bits per heavy atom. The number of nitrogens with one attached hydrogen (secondary N) is 1. The summed E-state index contributed by atoms with van der Waals surface area (Å²) in [5.74, 6) is -0.808. The maximum Gasteiger partial charge on any atom is 0.490 e. The number of benzene rings is 1. The number of nitrogens with zero attached hydrogens (tertiary/aromatic N) is 2. The monoisotopic (exact) mass is 369 g/mol. The van der Waals surface area contributed by atoms with Gasteiger partial charge in [0, 0.05) is 12.4 Å². The average Bonchev–Trinajstić information content (AvgIpc) is 3.08. The van der Waals surface area contributed by atoms with E-state index in [-0.39, 0.29) is 0 Å². The van der Waals surface area contributed by atoms with Crippen molar-refractivity contribution in [3.8, 4) is 0 Å². The fourth-order valence-electron chi connectivity index (χ4n) is 2.23. The minimum atomic E-state index is -5.08. The third kappa shape index (κ3) is 4.56. The van der Waals surface area contributed by atoms with Crippen LogP contribution in [0, 0.1) is 13.8 Å². The zero-order valence-electron chi connectivity index (χ0n) is 14.4. The van der Waals surface area contributed by atoms with E-state index >= 15 is 0 Å². The van der Waals surface area contributed by atoms with Gasteiger partial charge in [-0.15, -0.1) is 0 Å². The van der Waals surface area contributed by atoms with Gasteiger partial charge in [0.1, 0.15) is 11.6 Å². The van der Waals surface area contributed by atoms with Crippen molar-refractivity contribution in [3.05, 3.63) is 47.7 Å². The van der Waals surface area contributed by atoms with Crippen LogP contribution in [-0.4, -0.2) is 26.8 Å². The Kier molecular flexibility index (Phi) is 5.59. The Balaban J connectivity index is 0.000000298. The summed E-state index contributed by atoms with van der Waals surface area (Å²) in [5, 5.41) is 11.7. The van der Waals surface area contributed by atoms with Gasteiger partial charge < -0.3 is 19.4 Å². The van der Waals surface area contributed by atoms with Gasteiger partial charge in [0.25, 0.3) is 0 Å². The lowest BCUT2D eigenvalue weighted by Gasteiger charge is -2.08. The smallest absolute Gasteiger partial charge is 0.475 e. The van der Waals surface area contributed by atoms with Crippen molar-refractivity contribution in [3.63, 3.8) is 0 Å². The van der Waals surface area contributed by atoms with Crippen molar-refractivity contribution in [1.82, 2.24) is 9.55 Å². The van der Waals surface area contributed by atoms with Crippen LogP contribution in [0.3, 0.4) is 0 Å². The van der Waals surface area contributed by atoms with Crippen molar-refractivity contribution in [2.24, 2.45) is 7.05 Å². The first kappa shape index (κ1) is 19.4. The van der Waals surface area contributed by atoms with Crippen LogP contribution >= 0.6 is 0 Å². The van der Waals surface area contributed by atoms with Gasteiger partial charge in [0.2, 0.25) is 0 Å². The number of carbonyl (C=O) groups is 1. The van der Waals surface area contributed by atoms with Crippen molar-refractivity contribution in [2.45, 2.75) is 26.6 Å². The second kappa shape index (κ2) is 7.51. The van der Waals surface area contributed by atoms with Crippen molar-refractivity contribution in [2.75, 3.05) is 5.32 Å². The molecule has 0 spiro atoms. The van der Waals surface area contributed by atoms with Crippen LogP contribution in [0.5, 0.6) is 0 Å². The minimum absolute atomic E-state index is 0.732. The Morgan fingerprint density at radius 2 is 2.00 bits per heavy atom. The Morgan fingerprint density at radius 1 is 1.35 bits per heavy atom. The molecule has 0 saturated heterocycles. The summed E-state index contributed by atoms with van der Waals surface area (Å²) in [6.45, 7) is 4.70. The van der Waals surface area contributed by atoms with Gasteiger partial charge >= 0.3 is 12.1 Å². The molecule has 1 aromatic carbocycles. The second-order valence-corrected chi connectivity index (χ2v) is 5.59. The summed E-state index contributed by atoms with van der Waals surface area (Å²) in [4.78, 5) is 13.2. The summed E-state index contributed by atoms with van der Waals surface area (Å²) in [5.41, 5.74) is 3.08. The number of fused-ring (bicyclic) bond motifs is 1. The number of aryl methyl sites for hydroxylation is 2. The number of imidazole rings is 1. The molecule has 6 nitrogen and oxygen atoms in total. The number of alkyl halides is 3. The highest BCUT2D eigenvalue weighted by Crippen LogP contribution is 2.26. The van der Waals surface area contributed by atoms with E-state index in [1.807, 2.05) is 39.2 Å². The number of hydrogen-bond donors (Lipinski definition) is 2. The van der Waals surface area contributed by atoms with Crippen LogP contribution in [-0.2, 0) is 18.4 Å². The SMILES string of the molecule is Cc1cc2cccc(NCc3cnc(C)n3C)c2o1.O=C(O)C(F)(F)F. The second-order valence-electron chi connectivity index (χ2n) is 5.59. The van der Waals surface area contributed by atoms with Gasteiger partial charge in [-0.3, -0.25) is 0 Å². The van der Waals surface area contributed by atoms with Crippen LogP contribution in [0.15, 0.2) is 34.9 Å². The van der Waals surface area contributed by atoms with Crippen LogP contribution in [0.25, 0.3) is 11.0 Å². The van der Waals surface area contributed by atoms with E-state index in [0.29, 0.717) is 0 Å². The molecule has 2 heterocycles. The lowest BCUT2D eigenvalue weighted by molar-refractivity contribution is -0.192. The zero-order valence-corrected chi connectivity index (χ0v) is 14.4. The van der Waals surface area contributed by atoms with Gasteiger partial charge in [0.05, 0.1) is 24.1 Å². The highest BCUT2D eigenvalue weighted by Gasteiger charge is 2.38. The number of carboxylic acids is 1. The normalized spacial score (nSPS) is 11.2. The molecule has 26 heavy (non-hydrogen) atoms. The molecule has 0 radical (unpaired) electrons. The molecule has 0 fully saturated rings. The van der Waals surface area contributed by atoms with E-state index in [2.05, 4.69) is 27.0 Å². The number of hydrogen-bond acceptors (Lipinski definition) is 4. The van der Waals surface area contributed by atoms with Gasteiger partial charge in [-0.2, -0.15) is 13.2 Å². The first-order chi connectivity index (χ1) is 12.1. The first-order valence-electron chi connectivity index (χ1n) is 7.60. The number of para-hydroxylation sites is 1. The summed E-state index contributed by atoms with van der Waals surface area (Å²) in [6, 6.07) is 8.18. The molecule has 0 saturated carbocycles. The Bertz CT molecular complexity index is 913. The third-order valence-corrected chi connectivity index (χ3v) is 3.69. The summed E-state index contributed by atoms with van der Waals surface area (Å²) in [7, 11) is 2.02. The van der Waals surface area contributed by atoms with Crippen molar-refractivity contribution < 1.29 is 27.5 Å². The molecular formula is C17H18F3N3O3. The van der Waals surface area contributed by atoms with E-state index in [1.54, 1.807) is 0 Å². The summed E-state index contributed by atoms with van der Waals surface area (Å²) in [6.07, 6.45) is -3.18. The average molecular weight is 369 g/mol. The van der Waals surface area contributed by atoms with E-state index in [4.69, 9.17) is 14.3 Å². The first-order valence-corrected chi connectivity index (χ1v) is 7.60. The predicted octanol–water partition coefficient (Wildman–Crippen LogP) is 4.03. The fraction of sp³-hybridized carbons (Fsp3) is 0.294. The molecule has 2 N–H and O–H groups in total. The van der Waals surface area contributed by atoms with Gasteiger partial charge in [-0.05, 0) is 26.0 Å². The highest BCUT2D eigenvalue weighted by molar-refractivity contribution is 5.89. The molecule has 9 heteroatoms. The van der Waals surface area contributed by atoms with Crippen LogP contribution in [0.4, 0.5) is 18.9 Å². The maximum absolute atomic E-state index is 10.6. The fourth-order valence-corrected chi connectivity index (χ4v) is 2.23. The summed E-state index contributed by atoms with van der Waals surface area (Å²) >= 11 is 0. The van der Waals surface area contributed by atoms with E-state index in [0.717, 1.165) is 40.5 Å². The lowest BCUT2D eigenvalue weighted by atomic mass is 10.2. The van der Waals surface area contributed by atoms with E-state index in [9.17, 15) is 13.2 Å². The number of carboxylic acid groups (broad SMARTS) is 1. The minimum Gasteiger partial charge on any atom is -0.475 e. The van der Waals surface area contributed by atoms with E-state index < -0.39 is 12.1 Å². The predicted molar refractivity (Wildman–Crippen MR) is 89.9 cm³/mol. The molecular weight excluding hydrogens is 351 g/mol. The number of anilines is 1. The topological polar surface area (TPSA) is 80.3 Å². The zero-order chi connectivity index (χ0) is 19.5. The molecule has 0 amide bonds. The Labute approximate surface area is 147 Å². The Hall–Kier alpha value is -2.97. The van der Waals surface area contributed by atoms with Gasteiger partial charge in [-0.1, -0.05) is 12.1 Å². The molecule has 0 aliphatic rings. The quantitative estimate of drug-likeness (QED) is 0.729. The maximum atomic E-state index is 10.6. The van der Waals surface area contributed by atoms with Gasteiger partial charge in [-0.25, -0.2) is 9.78 Å². The van der Waals surface area contributed by atoms with Crippen molar-refractivity contribution in [1.29, 1.82) is 0 Å². The summed E-state index contributed by atoms with van der Waals surface area (Å²) < 4.78 is 39.6. The van der Waals surface area contributed by atoms with Crippen molar-refractivity contribution >= 4 is 22.6 Å². The van der Waals surface area contributed by atoms with Crippen LogP contribution < -0.4 is 5.32 Å². The molecule has 0 unspecified atom stereocenters. The molecule has 0 atom stereocenters. The molecule has 3 rings (SSSR count). The standard InChI is InChI=1S/C15H17N3O.C2HF3O2/c1-10-7-12-5-4-6-14(15(12)19-10)17-9-13-8-16-11(2)18(13)3;3-2(4,5)1(6)7/h4-8,17H,9H2,1-3H3;(H,6,7). The molecule has 0 aliphatic carbocycles. The molecule has 0 bridgehead atoms. The number of furan rings is 1. The lowest BCUT2D eigenvalue weighted by Crippen LogP contribution is -2.21. The number of aliphatic carboxylic acids is 1. The highest BCUT2D eigenvalue weighted by atomic mass is 19.4. The largest absolute Gasteiger partial charge is 0.490 e. The van der Waals surface area contributed by atoms with E-state index in [1.165, 1.54) is 0 Å². The third-order valence-electron chi connectivity index (χ3n) is 3.69. The number of rotatable bonds is 3. The van der Waals surface area contributed by atoms with Crippen LogP contribution in [0.2, 0.25) is 0 Å². The van der Waals surface area contributed by atoms with Gasteiger partial charge in [0.15, 0.2) is 5.58 Å². The number of halogens is 3. The number of aromatic nitrogens is 2. The molecule has 140 valence electrons. The molecule has 3 aromatic rings. The van der Waals surface area contributed by atoms with Crippen LogP contribution in [0.1, 0.15) is 17.3 Å². The molecule has 2 aromatic heterocycles. The molecule has 0 aliphatic heterocycles.